The zero-order valence-electron chi connectivity index (χ0n) is 12.0. The van der Waals surface area contributed by atoms with Gasteiger partial charge in [-0.3, -0.25) is 29.3 Å². The van der Waals surface area contributed by atoms with Crippen molar-refractivity contribution < 1.29 is 4.79 Å². The number of pyridine rings is 2. The average Bonchev–Trinajstić information content (AvgIpc) is 2.92. The van der Waals surface area contributed by atoms with Crippen LogP contribution >= 0.6 is 0 Å². The van der Waals surface area contributed by atoms with Gasteiger partial charge in [-0.2, -0.15) is 0 Å². The number of carbonyl (C=O) groups is 1. The van der Waals surface area contributed by atoms with Crippen molar-refractivity contribution in [1.29, 1.82) is 0 Å². The van der Waals surface area contributed by atoms with Crippen molar-refractivity contribution >= 4 is 5.78 Å². The third kappa shape index (κ3) is 2.35. The summed E-state index contributed by atoms with van der Waals surface area (Å²) in [7, 11) is 0. The summed E-state index contributed by atoms with van der Waals surface area (Å²) >= 11 is 0. The molecule has 3 rings (SSSR count). The Hall–Kier alpha value is -3.02. The van der Waals surface area contributed by atoms with E-state index in [9.17, 15) is 9.59 Å². The second-order valence-corrected chi connectivity index (χ2v) is 4.72. The predicted octanol–water partition coefficient (Wildman–Crippen LogP) is 1.88. The van der Waals surface area contributed by atoms with Crippen LogP contribution < -0.4 is 5.56 Å². The van der Waals surface area contributed by atoms with Crippen LogP contribution in [0.15, 0.2) is 53.8 Å². The number of nitrogens with zero attached hydrogens (tertiary/aromatic N) is 3. The predicted molar refractivity (Wildman–Crippen MR) is 81.6 cm³/mol. The summed E-state index contributed by atoms with van der Waals surface area (Å²) in [6.07, 6.45) is 6.30. The molecule has 0 amide bonds. The quantitative estimate of drug-likeness (QED) is 0.745. The molecule has 0 bridgehead atoms. The van der Waals surface area contributed by atoms with Gasteiger partial charge in [0.05, 0.1) is 5.69 Å². The fourth-order valence-electron chi connectivity index (χ4n) is 2.28. The topological polar surface area (TPSA) is 80.6 Å². The maximum absolute atomic E-state index is 12.7. The molecule has 0 aliphatic heterocycles. The molecule has 0 aliphatic rings. The van der Waals surface area contributed by atoms with E-state index in [1.807, 2.05) is 6.92 Å². The summed E-state index contributed by atoms with van der Waals surface area (Å²) < 4.78 is 1.41. The van der Waals surface area contributed by atoms with E-state index in [2.05, 4.69) is 15.1 Å². The van der Waals surface area contributed by atoms with E-state index < -0.39 is 0 Å². The minimum absolute atomic E-state index is 0.114. The molecule has 0 atom stereocenters. The number of hydrogen-bond acceptors (Lipinski definition) is 4. The van der Waals surface area contributed by atoms with Crippen LogP contribution in [0, 0.1) is 0 Å². The van der Waals surface area contributed by atoms with E-state index in [1.165, 1.54) is 10.9 Å². The number of hydrogen-bond donors (Lipinski definition) is 1. The molecule has 1 N–H and O–H groups in total. The summed E-state index contributed by atoms with van der Waals surface area (Å²) in [5.74, 6) is -0.347. The molecule has 3 aromatic rings. The summed E-state index contributed by atoms with van der Waals surface area (Å²) in [6.45, 7) is 2.29. The Morgan fingerprint density at radius 2 is 1.91 bits per heavy atom. The van der Waals surface area contributed by atoms with Crippen LogP contribution in [-0.2, 0) is 6.54 Å². The lowest BCUT2D eigenvalue weighted by Gasteiger charge is -2.01. The second kappa shape index (κ2) is 5.77. The van der Waals surface area contributed by atoms with Gasteiger partial charge in [0.25, 0.3) is 5.56 Å². The largest absolute Gasteiger partial charge is 0.294 e. The molecule has 0 radical (unpaired) electrons. The molecule has 6 heteroatoms. The molecule has 110 valence electrons. The van der Waals surface area contributed by atoms with Crippen molar-refractivity contribution in [1.82, 2.24) is 19.7 Å². The molecular weight excluding hydrogens is 280 g/mol. The number of aromatic nitrogens is 4. The Labute approximate surface area is 126 Å². The standard InChI is InChI=1S/C16H14N4O2/c1-2-20-16(22)13(15(21)12-6-4-8-18-10-12)14(19-20)11-5-3-7-17-9-11/h3-10,19H,2H2,1H3. The van der Waals surface area contributed by atoms with Crippen molar-refractivity contribution in [3.8, 4) is 11.3 Å². The van der Waals surface area contributed by atoms with Crippen LogP contribution in [0.3, 0.4) is 0 Å². The van der Waals surface area contributed by atoms with E-state index in [0.717, 1.165) is 0 Å². The van der Waals surface area contributed by atoms with Gasteiger partial charge in [-0.05, 0) is 31.2 Å². The van der Waals surface area contributed by atoms with Gasteiger partial charge in [0.1, 0.15) is 5.56 Å². The molecule has 22 heavy (non-hydrogen) atoms. The normalized spacial score (nSPS) is 10.6. The second-order valence-electron chi connectivity index (χ2n) is 4.72. The van der Waals surface area contributed by atoms with E-state index >= 15 is 0 Å². The molecule has 3 heterocycles. The SMILES string of the molecule is CCn1[nH]c(-c2cccnc2)c(C(=O)c2cccnc2)c1=O. The average molecular weight is 294 g/mol. The number of aryl methyl sites for hydroxylation is 1. The first-order valence-electron chi connectivity index (χ1n) is 6.90. The van der Waals surface area contributed by atoms with E-state index in [1.54, 1.807) is 42.9 Å². The molecule has 6 nitrogen and oxygen atoms in total. The van der Waals surface area contributed by atoms with E-state index in [4.69, 9.17) is 0 Å². The van der Waals surface area contributed by atoms with Crippen LogP contribution in [0.1, 0.15) is 22.8 Å². The molecule has 0 fully saturated rings. The minimum Gasteiger partial charge on any atom is -0.294 e. The van der Waals surface area contributed by atoms with Crippen LogP contribution in [0.25, 0.3) is 11.3 Å². The van der Waals surface area contributed by atoms with Gasteiger partial charge in [-0.25, -0.2) is 0 Å². The van der Waals surface area contributed by atoms with E-state index in [-0.39, 0.29) is 16.9 Å². The first-order chi connectivity index (χ1) is 10.7. The molecule has 0 unspecified atom stereocenters. The zero-order chi connectivity index (χ0) is 15.5. The Morgan fingerprint density at radius 3 is 2.50 bits per heavy atom. The number of carbonyl (C=O) groups excluding carboxylic acids is 1. The van der Waals surface area contributed by atoms with Gasteiger partial charge >= 0.3 is 0 Å². The highest BCUT2D eigenvalue weighted by molar-refractivity contribution is 6.11. The van der Waals surface area contributed by atoms with Gasteiger partial charge < -0.3 is 0 Å². The number of ketones is 1. The Bertz CT molecular complexity index is 851. The lowest BCUT2D eigenvalue weighted by molar-refractivity contribution is 0.103. The van der Waals surface area contributed by atoms with Gasteiger partial charge in [-0.15, -0.1) is 0 Å². The van der Waals surface area contributed by atoms with Crippen LogP contribution in [0.5, 0.6) is 0 Å². The molecule has 0 spiro atoms. The summed E-state index contributed by atoms with van der Waals surface area (Å²) in [6, 6.07) is 6.88. The maximum atomic E-state index is 12.7. The van der Waals surface area contributed by atoms with Crippen molar-refractivity contribution in [2.24, 2.45) is 0 Å². The number of nitrogens with one attached hydrogen (secondary N) is 1. The third-order valence-corrected chi connectivity index (χ3v) is 3.37. The highest BCUT2D eigenvalue weighted by Gasteiger charge is 2.23. The molecule has 0 aromatic carbocycles. The van der Waals surface area contributed by atoms with Crippen molar-refractivity contribution in [3.63, 3.8) is 0 Å². The fourth-order valence-corrected chi connectivity index (χ4v) is 2.28. The smallest absolute Gasteiger partial charge is 0.278 e. The minimum atomic E-state index is -0.347. The van der Waals surface area contributed by atoms with Crippen molar-refractivity contribution in [3.05, 3.63) is 70.5 Å². The fraction of sp³-hybridized carbons (Fsp3) is 0.125. The molecule has 0 saturated carbocycles. The van der Waals surface area contributed by atoms with Crippen molar-refractivity contribution in [2.75, 3.05) is 0 Å². The first-order valence-corrected chi connectivity index (χ1v) is 6.90. The monoisotopic (exact) mass is 294 g/mol. The molecule has 0 aliphatic carbocycles. The summed E-state index contributed by atoms with van der Waals surface area (Å²) in [5.41, 5.74) is 1.33. The molecule has 0 saturated heterocycles. The van der Waals surface area contributed by atoms with Gasteiger partial charge in [0.15, 0.2) is 0 Å². The van der Waals surface area contributed by atoms with Crippen LogP contribution in [0.4, 0.5) is 0 Å². The molecular formula is C16H14N4O2. The number of aromatic amines is 1. The van der Waals surface area contributed by atoms with Crippen molar-refractivity contribution in [2.45, 2.75) is 13.5 Å². The number of rotatable bonds is 4. The third-order valence-electron chi connectivity index (χ3n) is 3.37. The zero-order valence-corrected chi connectivity index (χ0v) is 12.0. The Morgan fingerprint density at radius 1 is 1.18 bits per heavy atom. The summed E-state index contributed by atoms with van der Waals surface area (Å²) in [4.78, 5) is 33.2. The van der Waals surface area contributed by atoms with Gasteiger partial charge in [-0.1, -0.05) is 0 Å². The highest BCUT2D eigenvalue weighted by atomic mass is 16.2. The first kappa shape index (κ1) is 13.9. The van der Waals surface area contributed by atoms with Gasteiger partial charge in [0, 0.05) is 42.5 Å². The molecule has 3 aromatic heterocycles. The lowest BCUT2D eigenvalue weighted by Crippen LogP contribution is -2.21. The van der Waals surface area contributed by atoms with Crippen LogP contribution in [-0.4, -0.2) is 25.5 Å². The number of H-pyrrole nitrogens is 1. The van der Waals surface area contributed by atoms with E-state index in [0.29, 0.717) is 23.4 Å². The maximum Gasteiger partial charge on any atom is 0.278 e. The van der Waals surface area contributed by atoms with Gasteiger partial charge in [0.2, 0.25) is 5.78 Å². The highest BCUT2D eigenvalue weighted by Crippen LogP contribution is 2.20. The Kier molecular flexibility index (Phi) is 3.65. The Balaban J connectivity index is 2.20. The lowest BCUT2D eigenvalue weighted by atomic mass is 10.0. The van der Waals surface area contributed by atoms with Crippen LogP contribution in [0.2, 0.25) is 0 Å². The summed E-state index contributed by atoms with van der Waals surface area (Å²) in [5, 5.41) is 2.99.